The Bertz CT molecular complexity index is 1240. The minimum Gasteiger partial charge on any atom is -0.338 e. The molecule has 0 bridgehead atoms. The van der Waals surface area contributed by atoms with Gasteiger partial charge in [0.25, 0.3) is 5.91 Å². The van der Waals surface area contributed by atoms with Gasteiger partial charge in [0.05, 0.1) is 16.8 Å². The Hall–Kier alpha value is -3.74. The highest BCUT2D eigenvalue weighted by atomic mass is 16.2. The first-order chi connectivity index (χ1) is 15.2. The third-order valence-electron chi connectivity index (χ3n) is 5.75. The van der Waals surface area contributed by atoms with Crippen molar-refractivity contribution >= 4 is 16.9 Å². The lowest BCUT2D eigenvalue weighted by Crippen LogP contribution is -2.39. The Morgan fingerprint density at radius 1 is 1.03 bits per heavy atom. The van der Waals surface area contributed by atoms with Crippen molar-refractivity contribution in [2.24, 2.45) is 0 Å². The fourth-order valence-corrected chi connectivity index (χ4v) is 4.27. The number of hydrogen-bond acceptors (Lipinski definition) is 6. The zero-order valence-electron chi connectivity index (χ0n) is 17.3. The molecule has 4 aromatic rings. The monoisotopic (exact) mass is 410 g/mol. The van der Waals surface area contributed by atoms with E-state index < -0.39 is 0 Å². The van der Waals surface area contributed by atoms with E-state index in [0.29, 0.717) is 17.6 Å². The van der Waals surface area contributed by atoms with Crippen molar-refractivity contribution in [2.75, 3.05) is 13.1 Å². The number of benzene rings is 1. The number of amides is 1. The molecule has 1 aromatic carbocycles. The van der Waals surface area contributed by atoms with Gasteiger partial charge in [-0.05, 0) is 49.6 Å². The molecule has 31 heavy (non-hydrogen) atoms. The summed E-state index contributed by atoms with van der Waals surface area (Å²) in [6, 6.07) is 9.51. The van der Waals surface area contributed by atoms with Gasteiger partial charge in [0.1, 0.15) is 11.3 Å². The lowest BCUT2D eigenvalue weighted by atomic mass is 9.89. The van der Waals surface area contributed by atoms with Crippen LogP contribution in [0.4, 0.5) is 0 Å². The van der Waals surface area contributed by atoms with Gasteiger partial charge in [-0.25, -0.2) is 9.97 Å². The zero-order valence-corrected chi connectivity index (χ0v) is 17.3. The van der Waals surface area contributed by atoms with Crippen molar-refractivity contribution in [3.05, 3.63) is 78.4 Å². The van der Waals surface area contributed by atoms with Crippen LogP contribution in [-0.4, -0.2) is 48.8 Å². The molecule has 7 nitrogen and oxygen atoms in total. The van der Waals surface area contributed by atoms with Gasteiger partial charge in [0, 0.05) is 55.6 Å². The second-order valence-electron chi connectivity index (χ2n) is 7.77. The molecule has 3 aromatic heterocycles. The molecule has 1 atom stereocenters. The smallest absolute Gasteiger partial charge is 0.256 e. The van der Waals surface area contributed by atoms with Crippen LogP contribution in [0.15, 0.2) is 61.3 Å². The third-order valence-corrected chi connectivity index (χ3v) is 5.75. The van der Waals surface area contributed by atoms with E-state index in [0.717, 1.165) is 47.5 Å². The number of likely N-dealkylation sites (tertiary alicyclic amines) is 1. The third kappa shape index (κ3) is 3.74. The number of rotatable bonds is 3. The molecule has 5 rings (SSSR count). The first-order valence-corrected chi connectivity index (χ1v) is 10.4. The van der Waals surface area contributed by atoms with Gasteiger partial charge in [-0.15, -0.1) is 0 Å². The van der Waals surface area contributed by atoms with Crippen molar-refractivity contribution in [2.45, 2.75) is 25.7 Å². The molecule has 0 aliphatic carbocycles. The van der Waals surface area contributed by atoms with E-state index in [9.17, 15) is 4.79 Å². The number of aryl methyl sites for hydroxylation is 1. The summed E-state index contributed by atoms with van der Waals surface area (Å²) in [7, 11) is 0. The number of carbonyl (C=O) groups is 1. The maximum absolute atomic E-state index is 13.4. The van der Waals surface area contributed by atoms with Gasteiger partial charge in [-0.1, -0.05) is 6.07 Å². The highest BCUT2D eigenvalue weighted by Crippen LogP contribution is 2.33. The maximum Gasteiger partial charge on any atom is 0.256 e. The Balaban J connectivity index is 1.48. The highest BCUT2D eigenvalue weighted by molar-refractivity contribution is 6.04. The summed E-state index contributed by atoms with van der Waals surface area (Å²) in [5.74, 6) is 0.872. The van der Waals surface area contributed by atoms with Gasteiger partial charge < -0.3 is 4.90 Å². The number of piperidine rings is 1. The van der Waals surface area contributed by atoms with Gasteiger partial charge in [-0.3, -0.25) is 19.7 Å². The number of nitrogens with zero attached hydrogens (tertiary/aromatic N) is 6. The summed E-state index contributed by atoms with van der Waals surface area (Å²) in [5, 5.41) is 0. The lowest BCUT2D eigenvalue weighted by molar-refractivity contribution is 0.0708. The zero-order chi connectivity index (χ0) is 21.2. The van der Waals surface area contributed by atoms with E-state index in [4.69, 9.17) is 4.98 Å². The van der Waals surface area contributed by atoms with Crippen LogP contribution < -0.4 is 0 Å². The first-order valence-electron chi connectivity index (χ1n) is 10.4. The number of fused-ring (bicyclic) bond motifs is 1. The molecule has 0 N–H and O–H groups in total. The Morgan fingerprint density at radius 2 is 1.87 bits per heavy atom. The summed E-state index contributed by atoms with van der Waals surface area (Å²) in [6.07, 6.45) is 10.6. The van der Waals surface area contributed by atoms with Crippen LogP contribution in [0.25, 0.3) is 22.2 Å². The van der Waals surface area contributed by atoms with Crippen LogP contribution in [0.1, 0.15) is 40.6 Å². The topological polar surface area (TPSA) is 84.8 Å². The van der Waals surface area contributed by atoms with Crippen molar-refractivity contribution in [1.29, 1.82) is 0 Å². The maximum atomic E-state index is 13.4. The van der Waals surface area contributed by atoms with E-state index >= 15 is 0 Å². The van der Waals surface area contributed by atoms with Crippen LogP contribution in [0.5, 0.6) is 0 Å². The van der Waals surface area contributed by atoms with Gasteiger partial charge >= 0.3 is 0 Å². The number of aromatic nitrogens is 5. The minimum absolute atomic E-state index is 0.00737. The molecule has 154 valence electrons. The quantitative estimate of drug-likeness (QED) is 0.511. The number of carbonyl (C=O) groups excluding carboxylic acids is 1. The molecule has 4 heterocycles. The SMILES string of the molecule is Cc1ncc(-c2ccncc2)c([C@@H]2CCCN(C(=O)c3cccc4nccnc34)C2)n1. The summed E-state index contributed by atoms with van der Waals surface area (Å²) >= 11 is 0. The number of para-hydroxylation sites is 1. The van der Waals surface area contributed by atoms with Crippen LogP contribution in [-0.2, 0) is 0 Å². The van der Waals surface area contributed by atoms with E-state index in [-0.39, 0.29) is 11.8 Å². The van der Waals surface area contributed by atoms with Crippen molar-refractivity contribution in [3.8, 4) is 11.1 Å². The largest absolute Gasteiger partial charge is 0.338 e. The fraction of sp³-hybridized carbons (Fsp3) is 0.250. The van der Waals surface area contributed by atoms with Crippen LogP contribution >= 0.6 is 0 Å². The summed E-state index contributed by atoms with van der Waals surface area (Å²) < 4.78 is 0. The van der Waals surface area contributed by atoms with Crippen LogP contribution in [0.3, 0.4) is 0 Å². The fourth-order valence-electron chi connectivity index (χ4n) is 4.27. The van der Waals surface area contributed by atoms with Gasteiger partial charge in [0.2, 0.25) is 0 Å². The number of pyridine rings is 1. The molecule has 1 saturated heterocycles. The molecule has 1 fully saturated rings. The summed E-state index contributed by atoms with van der Waals surface area (Å²) in [6.45, 7) is 3.24. The van der Waals surface area contributed by atoms with E-state index in [1.54, 1.807) is 24.8 Å². The molecule has 1 aliphatic heterocycles. The Labute approximate surface area is 180 Å². The molecule has 1 aliphatic rings. The average molecular weight is 410 g/mol. The van der Waals surface area contributed by atoms with Crippen molar-refractivity contribution in [3.63, 3.8) is 0 Å². The van der Waals surface area contributed by atoms with Gasteiger partial charge in [-0.2, -0.15) is 0 Å². The normalized spacial score (nSPS) is 16.4. The molecule has 0 saturated carbocycles. The molecule has 1 amide bonds. The summed E-state index contributed by atoms with van der Waals surface area (Å²) in [5.41, 5.74) is 5.01. The van der Waals surface area contributed by atoms with Crippen LogP contribution in [0, 0.1) is 6.92 Å². The number of hydrogen-bond donors (Lipinski definition) is 0. The molecule has 7 heteroatoms. The predicted molar refractivity (Wildman–Crippen MR) is 117 cm³/mol. The first kappa shape index (κ1) is 19.2. The second-order valence-corrected chi connectivity index (χ2v) is 7.77. The molecule has 0 radical (unpaired) electrons. The highest BCUT2D eigenvalue weighted by Gasteiger charge is 2.29. The Morgan fingerprint density at radius 3 is 2.74 bits per heavy atom. The van der Waals surface area contributed by atoms with E-state index in [2.05, 4.69) is 19.9 Å². The van der Waals surface area contributed by atoms with Gasteiger partial charge in [0.15, 0.2) is 0 Å². The molecular formula is C24H22N6O. The summed E-state index contributed by atoms with van der Waals surface area (Å²) in [4.78, 5) is 37.4. The van der Waals surface area contributed by atoms with Crippen molar-refractivity contribution < 1.29 is 4.79 Å². The molecular weight excluding hydrogens is 388 g/mol. The predicted octanol–water partition coefficient (Wildman–Crippen LogP) is 3.81. The van der Waals surface area contributed by atoms with Crippen LogP contribution in [0.2, 0.25) is 0 Å². The molecule has 0 unspecified atom stereocenters. The average Bonchev–Trinajstić information content (AvgIpc) is 2.84. The van der Waals surface area contributed by atoms with E-state index in [1.165, 1.54) is 0 Å². The minimum atomic E-state index is -0.00737. The standard InChI is InChI=1S/C24H22N6O/c1-16-28-14-20(17-7-9-25-10-8-17)22(29-16)18-4-3-13-30(15-18)24(31)19-5-2-6-21-23(19)27-12-11-26-21/h2,5-12,14,18H,3-4,13,15H2,1H3/t18-/m1/s1. The second kappa shape index (κ2) is 8.18. The van der Waals surface area contributed by atoms with E-state index in [1.807, 2.05) is 48.4 Å². The lowest BCUT2D eigenvalue weighted by Gasteiger charge is -2.33. The molecule has 0 spiro atoms. The Kier molecular flexibility index (Phi) is 5.08. The van der Waals surface area contributed by atoms with Crippen molar-refractivity contribution in [1.82, 2.24) is 29.8 Å².